The maximum absolute atomic E-state index is 3.49. The molecule has 0 aliphatic carbocycles. The molecular formula is C13H21NS. The van der Waals surface area contributed by atoms with Crippen molar-refractivity contribution < 1.29 is 0 Å². The quantitative estimate of drug-likeness (QED) is 0.735. The van der Waals surface area contributed by atoms with Gasteiger partial charge < -0.3 is 5.32 Å². The molecule has 1 unspecified atom stereocenters. The third-order valence-corrected chi connectivity index (χ3v) is 3.35. The van der Waals surface area contributed by atoms with Crippen molar-refractivity contribution in [2.24, 2.45) is 0 Å². The van der Waals surface area contributed by atoms with Gasteiger partial charge in [-0.05, 0) is 36.4 Å². The Hall–Kier alpha value is -0.470. The second kappa shape index (κ2) is 6.91. The molecule has 1 N–H and O–H groups in total. The van der Waals surface area contributed by atoms with Gasteiger partial charge in [0, 0.05) is 10.9 Å². The van der Waals surface area contributed by atoms with E-state index in [1.54, 1.807) is 0 Å². The van der Waals surface area contributed by atoms with Crippen LogP contribution in [0, 0.1) is 0 Å². The molecule has 0 aromatic heterocycles. The highest BCUT2D eigenvalue weighted by Crippen LogP contribution is 2.22. The van der Waals surface area contributed by atoms with E-state index in [9.17, 15) is 0 Å². The van der Waals surface area contributed by atoms with Crippen molar-refractivity contribution in [2.45, 2.75) is 38.1 Å². The Morgan fingerprint density at radius 3 is 2.27 bits per heavy atom. The van der Waals surface area contributed by atoms with Crippen LogP contribution in [0.15, 0.2) is 29.2 Å². The Balaban J connectivity index is 2.68. The lowest BCUT2D eigenvalue weighted by molar-refractivity contribution is 0.537. The van der Waals surface area contributed by atoms with Crippen molar-refractivity contribution in [3.63, 3.8) is 0 Å². The Morgan fingerprint density at radius 1 is 1.13 bits per heavy atom. The summed E-state index contributed by atoms with van der Waals surface area (Å²) in [6.07, 6.45) is 1.15. The van der Waals surface area contributed by atoms with Gasteiger partial charge in [-0.2, -0.15) is 0 Å². The summed E-state index contributed by atoms with van der Waals surface area (Å²) in [5.41, 5.74) is 1.40. The second-order valence-electron chi connectivity index (χ2n) is 3.52. The van der Waals surface area contributed by atoms with Crippen molar-refractivity contribution in [2.75, 3.05) is 12.3 Å². The molecule has 0 radical (unpaired) electrons. The third-order valence-electron chi connectivity index (χ3n) is 2.45. The number of nitrogens with one attached hydrogen (secondary N) is 1. The van der Waals surface area contributed by atoms with E-state index in [4.69, 9.17) is 0 Å². The number of benzene rings is 1. The van der Waals surface area contributed by atoms with Crippen LogP contribution in [-0.4, -0.2) is 12.3 Å². The predicted octanol–water partition coefficient (Wildman–Crippen LogP) is 3.86. The summed E-state index contributed by atoms with van der Waals surface area (Å²) in [6, 6.07) is 9.45. The van der Waals surface area contributed by atoms with Gasteiger partial charge in [0.15, 0.2) is 0 Å². The van der Waals surface area contributed by atoms with Crippen LogP contribution in [0.25, 0.3) is 0 Å². The first-order chi connectivity index (χ1) is 7.31. The van der Waals surface area contributed by atoms with Crippen LogP contribution in [0.2, 0.25) is 0 Å². The molecule has 1 rings (SSSR count). The Kier molecular flexibility index (Phi) is 5.81. The normalized spacial score (nSPS) is 12.7. The topological polar surface area (TPSA) is 12.0 Å². The van der Waals surface area contributed by atoms with Gasteiger partial charge in [0.2, 0.25) is 0 Å². The number of hydrogen-bond donors (Lipinski definition) is 1. The number of thioether (sulfide) groups is 1. The van der Waals surface area contributed by atoms with Crippen molar-refractivity contribution in [3.05, 3.63) is 29.8 Å². The molecule has 1 aromatic rings. The summed E-state index contributed by atoms with van der Waals surface area (Å²) in [5.74, 6) is 1.14. The highest BCUT2D eigenvalue weighted by Gasteiger charge is 2.06. The molecule has 84 valence electrons. The highest BCUT2D eigenvalue weighted by molar-refractivity contribution is 7.99. The summed E-state index contributed by atoms with van der Waals surface area (Å²) >= 11 is 1.90. The molecule has 0 heterocycles. The van der Waals surface area contributed by atoms with Crippen LogP contribution >= 0.6 is 11.8 Å². The molecule has 0 saturated carbocycles. The van der Waals surface area contributed by atoms with Crippen LogP contribution < -0.4 is 5.32 Å². The fraction of sp³-hybridized carbons (Fsp3) is 0.538. The summed E-state index contributed by atoms with van der Waals surface area (Å²) in [7, 11) is 0. The minimum absolute atomic E-state index is 0.510. The number of hydrogen-bond acceptors (Lipinski definition) is 2. The maximum Gasteiger partial charge on any atom is 0.0317 e. The third kappa shape index (κ3) is 3.88. The first kappa shape index (κ1) is 12.6. The van der Waals surface area contributed by atoms with Gasteiger partial charge >= 0.3 is 0 Å². The van der Waals surface area contributed by atoms with Crippen LogP contribution in [0.3, 0.4) is 0 Å². The predicted molar refractivity (Wildman–Crippen MR) is 69.5 cm³/mol. The van der Waals surface area contributed by atoms with E-state index in [1.165, 1.54) is 10.5 Å². The van der Waals surface area contributed by atoms with Crippen LogP contribution in [0.4, 0.5) is 0 Å². The van der Waals surface area contributed by atoms with Crippen LogP contribution in [-0.2, 0) is 0 Å². The molecule has 1 atom stereocenters. The van der Waals surface area contributed by atoms with Crippen molar-refractivity contribution in [3.8, 4) is 0 Å². The van der Waals surface area contributed by atoms with E-state index in [-0.39, 0.29) is 0 Å². The maximum atomic E-state index is 3.49. The monoisotopic (exact) mass is 223 g/mol. The average Bonchev–Trinajstić information content (AvgIpc) is 2.28. The molecule has 0 saturated heterocycles. The fourth-order valence-corrected chi connectivity index (χ4v) is 2.37. The largest absolute Gasteiger partial charge is 0.310 e. The zero-order valence-electron chi connectivity index (χ0n) is 9.92. The van der Waals surface area contributed by atoms with E-state index in [0.29, 0.717) is 6.04 Å². The zero-order valence-corrected chi connectivity index (χ0v) is 10.7. The fourth-order valence-electron chi connectivity index (χ4n) is 1.71. The van der Waals surface area contributed by atoms with Crippen molar-refractivity contribution in [1.29, 1.82) is 0 Å². The van der Waals surface area contributed by atoms with Gasteiger partial charge in [0.25, 0.3) is 0 Å². The van der Waals surface area contributed by atoms with Crippen molar-refractivity contribution >= 4 is 11.8 Å². The van der Waals surface area contributed by atoms with Gasteiger partial charge in [0.1, 0.15) is 0 Å². The van der Waals surface area contributed by atoms with Gasteiger partial charge in [-0.25, -0.2) is 0 Å². The van der Waals surface area contributed by atoms with Crippen LogP contribution in [0.5, 0.6) is 0 Å². The van der Waals surface area contributed by atoms with Gasteiger partial charge in [-0.15, -0.1) is 11.8 Å². The Bertz CT molecular complexity index is 268. The van der Waals surface area contributed by atoms with E-state index in [2.05, 4.69) is 50.4 Å². The molecule has 0 fully saturated rings. The molecule has 0 spiro atoms. The standard InChI is InChI=1S/C13H21NS/c1-4-13(14-5-2)11-7-9-12(10-8-11)15-6-3/h7-10,13-14H,4-6H2,1-3H3. The SMILES string of the molecule is CCNC(CC)c1ccc(SCC)cc1. The minimum Gasteiger partial charge on any atom is -0.310 e. The lowest BCUT2D eigenvalue weighted by Gasteiger charge is -2.16. The molecule has 2 heteroatoms. The minimum atomic E-state index is 0.510. The average molecular weight is 223 g/mol. The first-order valence-electron chi connectivity index (χ1n) is 5.77. The molecule has 0 bridgehead atoms. The van der Waals surface area contributed by atoms with E-state index >= 15 is 0 Å². The lowest BCUT2D eigenvalue weighted by atomic mass is 10.1. The van der Waals surface area contributed by atoms with Crippen molar-refractivity contribution in [1.82, 2.24) is 5.32 Å². The van der Waals surface area contributed by atoms with E-state index in [0.717, 1.165) is 18.7 Å². The van der Waals surface area contributed by atoms with Gasteiger partial charge in [-0.3, -0.25) is 0 Å². The molecule has 1 nitrogen and oxygen atoms in total. The molecular weight excluding hydrogens is 202 g/mol. The zero-order chi connectivity index (χ0) is 11.1. The smallest absolute Gasteiger partial charge is 0.0317 e. The lowest BCUT2D eigenvalue weighted by Crippen LogP contribution is -2.19. The van der Waals surface area contributed by atoms with E-state index in [1.807, 2.05) is 11.8 Å². The molecule has 0 amide bonds. The molecule has 0 aliphatic rings. The van der Waals surface area contributed by atoms with Gasteiger partial charge in [0.05, 0.1) is 0 Å². The number of rotatable bonds is 6. The first-order valence-corrected chi connectivity index (χ1v) is 6.76. The molecule has 1 aromatic carbocycles. The molecule has 15 heavy (non-hydrogen) atoms. The summed E-state index contributed by atoms with van der Waals surface area (Å²) in [5, 5.41) is 3.49. The van der Waals surface area contributed by atoms with Crippen LogP contribution in [0.1, 0.15) is 38.8 Å². The van der Waals surface area contributed by atoms with Gasteiger partial charge in [-0.1, -0.05) is 32.9 Å². The van der Waals surface area contributed by atoms with E-state index < -0.39 is 0 Å². The Labute approximate surface area is 97.7 Å². The second-order valence-corrected chi connectivity index (χ2v) is 4.86. The summed E-state index contributed by atoms with van der Waals surface area (Å²) in [6.45, 7) is 7.60. The summed E-state index contributed by atoms with van der Waals surface area (Å²) in [4.78, 5) is 1.37. The molecule has 0 aliphatic heterocycles. The Morgan fingerprint density at radius 2 is 1.80 bits per heavy atom. The highest BCUT2D eigenvalue weighted by atomic mass is 32.2. The summed E-state index contributed by atoms with van der Waals surface area (Å²) < 4.78 is 0.